The molecule has 62 heavy (non-hydrogen) atoms. The Hall–Kier alpha value is -2.38. The molecule has 0 aliphatic heterocycles. The molecule has 0 spiro atoms. The van der Waals surface area contributed by atoms with E-state index in [0.717, 1.165) is 74.5 Å². The number of nitrogens with zero attached hydrogens (tertiary/aromatic N) is 4. The minimum absolute atomic E-state index is 0.690. The summed E-state index contributed by atoms with van der Waals surface area (Å²) in [4.78, 5) is 20.4. The first-order chi connectivity index (χ1) is 30.7. The highest BCUT2D eigenvalue weighted by atomic mass is 15.2. The zero-order valence-corrected chi connectivity index (χ0v) is 41.9. The minimum atomic E-state index is 0.690. The second-order valence-corrected chi connectivity index (χ2v) is 18.9. The summed E-state index contributed by atoms with van der Waals surface area (Å²) in [5.74, 6) is 3.05. The Morgan fingerprint density at radius 1 is 0.226 bits per heavy atom. The van der Waals surface area contributed by atoms with Crippen LogP contribution in [0.1, 0.15) is 285 Å². The van der Waals surface area contributed by atoms with E-state index in [4.69, 9.17) is 19.9 Å². The van der Waals surface area contributed by atoms with Crippen molar-refractivity contribution in [3.8, 4) is 0 Å². The zero-order chi connectivity index (χ0) is 44.2. The van der Waals surface area contributed by atoms with Gasteiger partial charge in [-0.05, 0) is 25.7 Å². The molecule has 0 aliphatic carbocycles. The molecular weight excluding hydrogens is 761 g/mol. The molecule has 0 atom stereocenters. The highest BCUT2D eigenvalue weighted by Gasteiger charge is 2.16. The van der Waals surface area contributed by atoms with E-state index in [9.17, 15) is 0 Å². The van der Waals surface area contributed by atoms with Crippen LogP contribution >= 0.6 is 0 Å². The summed E-state index contributed by atoms with van der Waals surface area (Å²) >= 11 is 0. The van der Waals surface area contributed by atoms with Gasteiger partial charge >= 0.3 is 0 Å². The number of aromatic nitrogens is 4. The van der Waals surface area contributed by atoms with E-state index in [1.807, 2.05) is 0 Å². The largest absolute Gasteiger partial charge is 0.368 e. The summed E-state index contributed by atoms with van der Waals surface area (Å²) in [7, 11) is 0. The quantitative estimate of drug-likeness (QED) is 0.0488. The SMILES string of the molecule is CCCCCCCCCCCCNc1nc(NCCCCCCCCCCCC)c2nc(NCCCCCCCCCCCC)nc(NCCCCCCCCCCCC)c2n1. The lowest BCUT2D eigenvalue weighted by atomic mass is 10.1. The predicted molar refractivity (Wildman–Crippen MR) is 276 cm³/mol. The van der Waals surface area contributed by atoms with E-state index in [1.54, 1.807) is 0 Å². The Morgan fingerprint density at radius 3 is 0.645 bits per heavy atom. The normalized spacial score (nSPS) is 11.5. The summed E-state index contributed by atoms with van der Waals surface area (Å²) in [5.41, 5.74) is 1.65. The van der Waals surface area contributed by atoms with Gasteiger partial charge in [0, 0.05) is 26.2 Å². The van der Waals surface area contributed by atoms with Crippen LogP contribution in [0, 0.1) is 0 Å². The molecule has 0 fully saturated rings. The topological polar surface area (TPSA) is 99.7 Å². The minimum Gasteiger partial charge on any atom is -0.368 e. The van der Waals surface area contributed by atoms with Gasteiger partial charge in [0.1, 0.15) is 11.0 Å². The molecule has 360 valence electrons. The van der Waals surface area contributed by atoms with Crippen molar-refractivity contribution in [3.05, 3.63) is 0 Å². The van der Waals surface area contributed by atoms with E-state index >= 15 is 0 Å². The highest BCUT2D eigenvalue weighted by Crippen LogP contribution is 2.28. The molecule has 2 heterocycles. The van der Waals surface area contributed by atoms with Crippen LogP contribution < -0.4 is 21.3 Å². The summed E-state index contributed by atoms with van der Waals surface area (Å²) in [6.45, 7) is 12.8. The third-order valence-corrected chi connectivity index (χ3v) is 12.8. The molecule has 2 aromatic rings. The Bertz CT molecular complexity index is 1160. The van der Waals surface area contributed by atoms with Gasteiger partial charge in [0.2, 0.25) is 11.9 Å². The maximum absolute atomic E-state index is 5.12. The van der Waals surface area contributed by atoms with E-state index in [0.29, 0.717) is 11.9 Å². The van der Waals surface area contributed by atoms with Crippen molar-refractivity contribution in [2.75, 3.05) is 47.4 Å². The second-order valence-electron chi connectivity index (χ2n) is 18.9. The van der Waals surface area contributed by atoms with Crippen molar-refractivity contribution in [1.82, 2.24) is 19.9 Å². The number of fused-ring (bicyclic) bond motifs is 1. The zero-order valence-electron chi connectivity index (χ0n) is 41.9. The number of hydrogen-bond acceptors (Lipinski definition) is 8. The molecule has 8 nitrogen and oxygen atoms in total. The van der Waals surface area contributed by atoms with Crippen molar-refractivity contribution in [2.24, 2.45) is 0 Å². The molecule has 0 bridgehead atoms. The molecule has 0 unspecified atom stereocenters. The third kappa shape index (κ3) is 30.7. The summed E-state index contributed by atoms with van der Waals surface area (Å²) in [5, 5.41) is 14.7. The lowest BCUT2D eigenvalue weighted by Crippen LogP contribution is -2.14. The van der Waals surface area contributed by atoms with Crippen LogP contribution in [0.25, 0.3) is 11.0 Å². The fraction of sp³-hybridized carbons (Fsp3) is 0.889. The van der Waals surface area contributed by atoms with Gasteiger partial charge in [0.05, 0.1) is 0 Å². The van der Waals surface area contributed by atoms with E-state index in [-0.39, 0.29) is 0 Å². The number of anilines is 4. The first-order valence-electron chi connectivity index (χ1n) is 27.8. The van der Waals surface area contributed by atoms with Gasteiger partial charge in [-0.1, -0.05) is 259 Å². The standard InChI is InChI=1S/C54H104N8/c1-5-9-13-17-21-25-29-33-37-41-45-55-51-49-50(60-53(61-51)57-47-43-39-35-31-27-23-19-15-11-7-3)52(56-46-42-38-34-30-26-22-18-14-10-6-2)62-54(59-49)58-48-44-40-36-32-28-24-20-16-12-8-4/h5-48H2,1-4H3,(H2,55,57,60,61)(H2,56,58,59,62). The maximum atomic E-state index is 5.12. The van der Waals surface area contributed by atoms with Gasteiger partial charge in [-0.25, -0.2) is 9.97 Å². The first kappa shape index (κ1) is 55.8. The van der Waals surface area contributed by atoms with Gasteiger partial charge in [-0.2, -0.15) is 9.97 Å². The van der Waals surface area contributed by atoms with Gasteiger partial charge in [-0.3, -0.25) is 0 Å². The Morgan fingerprint density at radius 2 is 0.419 bits per heavy atom. The summed E-state index contributed by atoms with van der Waals surface area (Å²) < 4.78 is 0. The predicted octanol–water partition coefficient (Wildman–Crippen LogP) is 17.8. The van der Waals surface area contributed by atoms with Crippen molar-refractivity contribution >= 4 is 34.6 Å². The van der Waals surface area contributed by atoms with Crippen LogP contribution in [0.15, 0.2) is 0 Å². The fourth-order valence-electron chi connectivity index (χ4n) is 8.68. The number of rotatable bonds is 48. The Kier molecular flexibility index (Phi) is 38.3. The molecule has 0 saturated heterocycles. The molecule has 2 rings (SSSR count). The number of nitrogens with one attached hydrogen (secondary N) is 4. The molecule has 8 heteroatoms. The van der Waals surface area contributed by atoms with Crippen LogP contribution in [-0.2, 0) is 0 Å². The molecule has 0 radical (unpaired) electrons. The van der Waals surface area contributed by atoms with Crippen LogP contribution in [0.2, 0.25) is 0 Å². The lowest BCUT2D eigenvalue weighted by molar-refractivity contribution is 0.559. The molecule has 0 aromatic carbocycles. The molecule has 4 N–H and O–H groups in total. The molecule has 0 saturated carbocycles. The number of unbranched alkanes of at least 4 members (excludes halogenated alkanes) is 36. The monoisotopic (exact) mass is 865 g/mol. The highest BCUT2D eigenvalue weighted by molar-refractivity contribution is 5.94. The smallest absolute Gasteiger partial charge is 0.225 e. The third-order valence-electron chi connectivity index (χ3n) is 12.8. The fourth-order valence-corrected chi connectivity index (χ4v) is 8.68. The van der Waals surface area contributed by atoms with Crippen molar-refractivity contribution < 1.29 is 0 Å². The molecule has 0 aliphatic rings. The average molecular weight is 865 g/mol. The molecule has 2 aromatic heterocycles. The van der Waals surface area contributed by atoms with Crippen LogP contribution in [0.5, 0.6) is 0 Å². The van der Waals surface area contributed by atoms with Crippen molar-refractivity contribution in [3.63, 3.8) is 0 Å². The van der Waals surface area contributed by atoms with Gasteiger partial charge in [0.15, 0.2) is 11.6 Å². The van der Waals surface area contributed by atoms with Gasteiger partial charge in [0.25, 0.3) is 0 Å². The summed E-state index contributed by atoms with van der Waals surface area (Å²) in [6, 6.07) is 0. The second kappa shape index (κ2) is 42.6. The van der Waals surface area contributed by atoms with E-state index in [2.05, 4.69) is 49.0 Å². The van der Waals surface area contributed by atoms with Gasteiger partial charge in [-0.15, -0.1) is 0 Å². The van der Waals surface area contributed by atoms with Crippen LogP contribution in [0.4, 0.5) is 23.5 Å². The molecule has 0 amide bonds. The summed E-state index contributed by atoms with van der Waals surface area (Å²) in [6.07, 6.45) is 53.4. The maximum Gasteiger partial charge on any atom is 0.225 e. The Labute approximate surface area is 385 Å². The van der Waals surface area contributed by atoms with E-state index < -0.39 is 0 Å². The van der Waals surface area contributed by atoms with Gasteiger partial charge < -0.3 is 21.3 Å². The first-order valence-corrected chi connectivity index (χ1v) is 27.8. The Balaban J connectivity index is 2.07. The van der Waals surface area contributed by atoms with Crippen LogP contribution in [0.3, 0.4) is 0 Å². The number of hydrogen-bond donors (Lipinski definition) is 4. The lowest BCUT2D eigenvalue weighted by Gasteiger charge is -2.16. The van der Waals surface area contributed by atoms with Crippen LogP contribution in [-0.4, -0.2) is 46.1 Å². The van der Waals surface area contributed by atoms with Crippen molar-refractivity contribution in [2.45, 2.75) is 285 Å². The van der Waals surface area contributed by atoms with Crippen molar-refractivity contribution in [1.29, 1.82) is 0 Å². The average Bonchev–Trinajstić information content (AvgIpc) is 3.28. The van der Waals surface area contributed by atoms with E-state index in [1.165, 1.54) is 231 Å². The molecular formula is C54H104N8.